The molecule has 2 amide bonds. The predicted octanol–water partition coefficient (Wildman–Crippen LogP) is 5.24. The molecule has 184 valence electrons. The number of aryl methyl sites for hydroxylation is 1. The average molecular weight is 503 g/mol. The van der Waals surface area contributed by atoms with Crippen LogP contribution < -0.4 is 15.5 Å². The number of pyridine rings is 1. The first kappa shape index (κ1) is 25.0. The van der Waals surface area contributed by atoms with Crippen molar-refractivity contribution in [1.29, 1.82) is 0 Å². The first-order valence-corrected chi connectivity index (χ1v) is 11.5. The van der Waals surface area contributed by atoms with Gasteiger partial charge in [-0.25, -0.2) is 4.98 Å². The third-order valence-electron chi connectivity index (χ3n) is 6.16. The normalized spacial score (nSPS) is 13.4. The van der Waals surface area contributed by atoms with Crippen molar-refractivity contribution in [1.82, 2.24) is 10.3 Å². The van der Waals surface area contributed by atoms with Gasteiger partial charge in [0.2, 0.25) is 11.8 Å². The lowest BCUT2D eigenvalue weighted by Gasteiger charge is -2.21. The highest BCUT2D eigenvalue weighted by molar-refractivity contribution is 5.98. The maximum atomic E-state index is 12.8. The Labute approximate surface area is 215 Å². The third-order valence-corrected chi connectivity index (χ3v) is 6.16. The van der Waals surface area contributed by atoms with E-state index in [4.69, 9.17) is 4.42 Å². The molecule has 2 aromatic heterocycles. The van der Waals surface area contributed by atoms with Gasteiger partial charge in [-0.2, -0.15) is 0 Å². The van der Waals surface area contributed by atoms with Crippen molar-refractivity contribution < 1.29 is 14.0 Å². The molecule has 1 aliphatic heterocycles. The fourth-order valence-corrected chi connectivity index (χ4v) is 4.28. The minimum absolute atomic E-state index is 0. The number of fused-ring (bicyclic) bond motifs is 2. The monoisotopic (exact) mass is 502 g/mol. The number of halogens is 1. The number of nitrogens with zero attached hydrogens (tertiary/aromatic N) is 2. The van der Waals surface area contributed by atoms with Crippen LogP contribution in [0.2, 0.25) is 0 Å². The highest BCUT2D eigenvalue weighted by Gasteiger charge is 2.21. The number of amides is 2. The van der Waals surface area contributed by atoms with Crippen LogP contribution in [0.25, 0.3) is 17.0 Å². The molecule has 0 unspecified atom stereocenters. The molecule has 4 aromatic rings. The lowest BCUT2D eigenvalue weighted by atomic mass is 10.1. The second kappa shape index (κ2) is 10.7. The second-order valence-corrected chi connectivity index (χ2v) is 8.67. The Morgan fingerprint density at radius 2 is 1.89 bits per heavy atom. The predicted molar refractivity (Wildman–Crippen MR) is 144 cm³/mol. The number of carbonyl (C=O) groups is 2. The van der Waals surface area contributed by atoms with E-state index in [1.807, 2.05) is 72.5 Å². The number of aromatic nitrogens is 1. The van der Waals surface area contributed by atoms with E-state index in [0.717, 1.165) is 39.1 Å². The number of anilines is 2. The van der Waals surface area contributed by atoms with Crippen LogP contribution in [-0.2, 0) is 22.7 Å². The molecule has 0 saturated carbocycles. The number of benzene rings is 2. The Balaban J connectivity index is 0.00000304. The van der Waals surface area contributed by atoms with E-state index in [1.54, 1.807) is 19.2 Å². The summed E-state index contributed by atoms with van der Waals surface area (Å²) in [6.07, 6.45) is 3.46. The molecule has 0 fully saturated rings. The summed E-state index contributed by atoms with van der Waals surface area (Å²) in [5.41, 5.74) is 5.04. The molecule has 8 heteroatoms. The van der Waals surface area contributed by atoms with Gasteiger partial charge in [-0.05, 0) is 49.8 Å². The highest BCUT2D eigenvalue weighted by Crippen LogP contribution is 2.26. The van der Waals surface area contributed by atoms with Gasteiger partial charge in [0.05, 0.1) is 13.1 Å². The molecule has 0 spiro atoms. The van der Waals surface area contributed by atoms with Crippen LogP contribution >= 0.6 is 12.4 Å². The third kappa shape index (κ3) is 5.26. The number of carbonyl (C=O) groups excluding carboxylic acids is 2. The molecule has 0 atom stereocenters. The number of rotatable bonds is 5. The van der Waals surface area contributed by atoms with E-state index in [2.05, 4.69) is 15.6 Å². The number of para-hydroxylation sites is 2. The molecular weight excluding hydrogens is 476 g/mol. The number of hydrogen-bond acceptors (Lipinski definition) is 5. The van der Waals surface area contributed by atoms with Crippen molar-refractivity contribution in [2.75, 3.05) is 16.8 Å². The van der Waals surface area contributed by atoms with Crippen molar-refractivity contribution in [3.63, 3.8) is 0 Å². The zero-order valence-electron chi connectivity index (χ0n) is 20.1. The molecule has 7 nitrogen and oxygen atoms in total. The Morgan fingerprint density at radius 3 is 2.67 bits per heavy atom. The average Bonchev–Trinajstić information content (AvgIpc) is 3.08. The SMILES string of the molecule is CC(=Cc1cnc2c(c1)CN(c1ccccc1)CC(=O)N2)C(=O)NCc1oc2ccccc2c1C.Cl. The lowest BCUT2D eigenvalue weighted by molar-refractivity contribution is -0.117. The van der Waals surface area contributed by atoms with Crippen LogP contribution in [0.5, 0.6) is 0 Å². The summed E-state index contributed by atoms with van der Waals surface area (Å²) >= 11 is 0. The summed E-state index contributed by atoms with van der Waals surface area (Å²) in [6, 6.07) is 19.6. The lowest BCUT2D eigenvalue weighted by Crippen LogP contribution is -2.29. The van der Waals surface area contributed by atoms with Crippen LogP contribution in [0.3, 0.4) is 0 Å². The van der Waals surface area contributed by atoms with Crippen LogP contribution in [0, 0.1) is 6.92 Å². The van der Waals surface area contributed by atoms with Crippen molar-refractivity contribution >= 4 is 52.8 Å². The molecule has 0 bridgehead atoms. The van der Waals surface area contributed by atoms with Gasteiger partial charge in [-0.15, -0.1) is 12.4 Å². The summed E-state index contributed by atoms with van der Waals surface area (Å²) in [5, 5.41) is 6.87. The topological polar surface area (TPSA) is 87.5 Å². The molecule has 0 saturated heterocycles. The minimum Gasteiger partial charge on any atom is -0.459 e. The summed E-state index contributed by atoms with van der Waals surface area (Å²) in [6.45, 7) is 4.85. The molecule has 1 aliphatic rings. The van der Waals surface area contributed by atoms with Crippen LogP contribution in [-0.4, -0.2) is 23.3 Å². The summed E-state index contributed by atoms with van der Waals surface area (Å²) in [7, 11) is 0. The van der Waals surface area contributed by atoms with E-state index >= 15 is 0 Å². The molecule has 0 aliphatic carbocycles. The van der Waals surface area contributed by atoms with Gasteiger partial charge < -0.3 is 20.0 Å². The van der Waals surface area contributed by atoms with Crippen molar-refractivity contribution in [2.45, 2.75) is 26.9 Å². The molecule has 3 heterocycles. The van der Waals surface area contributed by atoms with Gasteiger partial charge in [0, 0.05) is 40.5 Å². The Bertz CT molecular complexity index is 1450. The Kier molecular flexibility index (Phi) is 7.41. The van der Waals surface area contributed by atoms with Crippen molar-refractivity contribution in [2.24, 2.45) is 0 Å². The Morgan fingerprint density at radius 1 is 1.14 bits per heavy atom. The molecule has 2 N–H and O–H groups in total. The Hall–Kier alpha value is -4.10. The maximum absolute atomic E-state index is 12.8. The summed E-state index contributed by atoms with van der Waals surface area (Å²) < 4.78 is 5.89. The first-order valence-electron chi connectivity index (χ1n) is 11.5. The van der Waals surface area contributed by atoms with E-state index in [1.165, 1.54) is 0 Å². The quantitative estimate of drug-likeness (QED) is 0.364. The van der Waals surface area contributed by atoms with Gasteiger partial charge in [0.15, 0.2) is 0 Å². The number of nitrogens with one attached hydrogen (secondary N) is 2. The number of hydrogen-bond donors (Lipinski definition) is 2. The van der Waals surface area contributed by atoms with E-state index in [9.17, 15) is 9.59 Å². The number of furan rings is 1. The zero-order valence-corrected chi connectivity index (χ0v) is 20.9. The van der Waals surface area contributed by atoms with Crippen LogP contribution in [0.4, 0.5) is 11.5 Å². The standard InChI is InChI=1S/C28H26N4O3.ClH/c1-18(28(34)30-15-25-19(2)23-10-6-7-11-24(23)35-25)12-20-13-21-16-32(22-8-4-3-5-9-22)17-26(33)31-27(21)29-14-20;/h3-14H,15-17H2,1-2H3,(H,30,34)(H,29,31,33);1H. The molecule has 36 heavy (non-hydrogen) atoms. The van der Waals surface area contributed by atoms with Crippen molar-refractivity contribution in [3.8, 4) is 0 Å². The summed E-state index contributed by atoms with van der Waals surface area (Å²) in [5.74, 6) is 1.00. The minimum atomic E-state index is -0.181. The van der Waals surface area contributed by atoms with Gasteiger partial charge in [-0.3, -0.25) is 9.59 Å². The smallest absolute Gasteiger partial charge is 0.247 e. The van der Waals surface area contributed by atoms with Crippen LogP contribution in [0.15, 0.2) is 76.9 Å². The zero-order chi connectivity index (χ0) is 24.4. The molecule has 2 aromatic carbocycles. The van der Waals surface area contributed by atoms with Gasteiger partial charge in [-0.1, -0.05) is 36.4 Å². The van der Waals surface area contributed by atoms with E-state index in [-0.39, 0.29) is 30.8 Å². The molecule has 5 rings (SSSR count). The highest BCUT2D eigenvalue weighted by atomic mass is 35.5. The fourth-order valence-electron chi connectivity index (χ4n) is 4.28. The van der Waals surface area contributed by atoms with Gasteiger partial charge in [0.1, 0.15) is 17.2 Å². The molecule has 0 radical (unpaired) electrons. The summed E-state index contributed by atoms with van der Waals surface area (Å²) in [4.78, 5) is 31.6. The molecular formula is C28H27ClN4O3. The van der Waals surface area contributed by atoms with Crippen molar-refractivity contribution in [3.05, 3.63) is 94.9 Å². The van der Waals surface area contributed by atoms with Gasteiger partial charge >= 0.3 is 0 Å². The van der Waals surface area contributed by atoms with Gasteiger partial charge in [0.25, 0.3) is 0 Å². The van der Waals surface area contributed by atoms with Crippen LogP contribution in [0.1, 0.15) is 29.4 Å². The fraction of sp³-hybridized carbons (Fsp3) is 0.179. The largest absolute Gasteiger partial charge is 0.459 e. The maximum Gasteiger partial charge on any atom is 0.247 e. The van der Waals surface area contributed by atoms with E-state index < -0.39 is 0 Å². The van der Waals surface area contributed by atoms with E-state index in [0.29, 0.717) is 24.5 Å². The first-order chi connectivity index (χ1) is 17.0. The second-order valence-electron chi connectivity index (χ2n) is 8.67.